The quantitative estimate of drug-likeness (QED) is 0.801. The predicted octanol–water partition coefficient (Wildman–Crippen LogP) is 1.44. The van der Waals surface area contributed by atoms with Crippen molar-refractivity contribution in [2.75, 3.05) is 20.7 Å². The third kappa shape index (κ3) is 2.36. The van der Waals surface area contributed by atoms with E-state index in [1.807, 2.05) is 0 Å². The minimum atomic E-state index is -0.927. The summed E-state index contributed by atoms with van der Waals surface area (Å²) in [6, 6.07) is 0.924. The largest absolute Gasteiger partial charge is 0.505 e. The Morgan fingerprint density at radius 1 is 1.40 bits per heavy atom. The number of phenols is 1. The van der Waals surface area contributed by atoms with Crippen LogP contribution in [-0.2, 0) is 6.42 Å². The molecule has 0 atom stereocenters. The van der Waals surface area contributed by atoms with Crippen LogP contribution >= 0.6 is 0 Å². The highest BCUT2D eigenvalue weighted by atomic mass is 19.1. The number of ether oxygens (including phenoxy) is 1. The highest BCUT2D eigenvalue weighted by molar-refractivity contribution is 5.41. The monoisotopic (exact) mass is 217 g/mol. The molecule has 0 aliphatic heterocycles. The standard InChI is InChI=1S/C10H13F2NO2/c1-13-4-3-6-9(11)7(14)5-8(15-2)10(6)12/h5,13-14H,3-4H2,1-2H3. The van der Waals surface area contributed by atoms with Crippen LogP contribution in [0.1, 0.15) is 5.56 Å². The Labute approximate surface area is 86.7 Å². The Bertz CT molecular complexity index is 356. The molecule has 1 rings (SSSR count). The molecule has 0 aliphatic carbocycles. The molecule has 0 saturated carbocycles. The van der Waals surface area contributed by atoms with Gasteiger partial charge in [-0.05, 0) is 20.0 Å². The van der Waals surface area contributed by atoms with Gasteiger partial charge in [0.1, 0.15) is 0 Å². The Morgan fingerprint density at radius 2 is 2.07 bits per heavy atom. The number of benzene rings is 1. The molecule has 0 radical (unpaired) electrons. The van der Waals surface area contributed by atoms with E-state index >= 15 is 0 Å². The van der Waals surface area contributed by atoms with Crippen molar-refractivity contribution < 1.29 is 18.6 Å². The summed E-state index contributed by atoms with van der Waals surface area (Å²) in [4.78, 5) is 0. The van der Waals surface area contributed by atoms with Crippen molar-refractivity contribution in [3.63, 3.8) is 0 Å². The minimum absolute atomic E-state index is 0.152. The molecule has 84 valence electrons. The van der Waals surface area contributed by atoms with Gasteiger partial charge in [-0.15, -0.1) is 0 Å². The number of hydrogen-bond donors (Lipinski definition) is 2. The SMILES string of the molecule is CNCCc1c(F)c(O)cc(OC)c1F. The molecule has 5 heteroatoms. The molecule has 0 saturated heterocycles. The molecule has 2 N–H and O–H groups in total. The van der Waals surface area contributed by atoms with E-state index in [4.69, 9.17) is 0 Å². The number of nitrogens with one attached hydrogen (secondary N) is 1. The van der Waals surface area contributed by atoms with E-state index in [1.54, 1.807) is 7.05 Å². The highest BCUT2D eigenvalue weighted by Gasteiger charge is 2.18. The smallest absolute Gasteiger partial charge is 0.171 e. The number of hydrogen-bond acceptors (Lipinski definition) is 3. The van der Waals surface area contributed by atoms with Crippen LogP contribution in [-0.4, -0.2) is 25.8 Å². The minimum Gasteiger partial charge on any atom is -0.505 e. The van der Waals surface area contributed by atoms with E-state index in [9.17, 15) is 13.9 Å². The zero-order valence-electron chi connectivity index (χ0n) is 8.60. The van der Waals surface area contributed by atoms with E-state index in [1.165, 1.54) is 7.11 Å². The highest BCUT2D eigenvalue weighted by Crippen LogP contribution is 2.30. The Hall–Kier alpha value is -1.36. The second-order valence-corrected chi connectivity index (χ2v) is 3.06. The third-order valence-electron chi connectivity index (χ3n) is 2.08. The Balaban J connectivity index is 3.15. The average molecular weight is 217 g/mol. The molecule has 0 amide bonds. The molecule has 0 unspecified atom stereocenters. The summed E-state index contributed by atoms with van der Waals surface area (Å²) in [6.45, 7) is 0.417. The molecule has 0 spiro atoms. The lowest BCUT2D eigenvalue weighted by atomic mass is 10.1. The van der Waals surface area contributed by atoms with Gasteiger partial charge < -0.3 is 15.2 Å². The van der Waals surface area contributed by atoms with Crippen LogP contribution in [0.25, 0.3) is 0 Å². The number of methoxy groups -OCH3 is 1. The molecular weight excluding hydrogens is 204 g/mol. The summed E-state index contributed by atoms with van der Waals surface area (Å²) in [5, 5.41) is 12.0. The molecule has 1 aromatic rings. The van der Waals surface area contributed by atoms with Crippen LogP contribution in [0.2, 0.25) is 0 Å². The fraction of sp³-hybridized carbons (Fsp3) is 0.400. The van der Waals surface area contributed by atoms with Crippen LogP contribution in [0.3, 0.4) is 0 Å². The van der Waals surface area contributed by atoms with Crippen LogP contribution in [0.15, 0.2) is 6.07 Å². The zero-order valence-corrected chi connectivity index (χ0v) is 8.60. The van der Waals surface area contributed by atoms with Gasteiger partial charge in [-0.3, -0.25) is 0 Å². The topological polar surface area (TPSA) is 41.5 Å². The van der Waals surface area contributed by atoms with Gasteiger partial charge in [0.05, 0.1) is 7.11 Å². The summed E-state index contributed by atoms with van der Waals surface area (Å²) in [7, 11) is 2.94. The number of aromatic hydroxyl groups is 1. The zero-order chi connectivity index (χ0) is 11.4. The van der Waals surface area contributed by atoms with Crippen molar-refractivity contribution in [3.8, 4) is 11.5 Å². The van der Waals surface area contributed by atoms with E-state index in [0.717, 1.165) is 6.07 Å². The number of halogens is 2. The van der Waals surface area contributed by atoms with E-state index in [-0.39, 0.29) is 17.7 Å². The summed E-state index contributed by atoms with van der Waals surface area (Å²) in [6.07, 6.45) is 0.152. The van der Waals surface area contributed by atoms with Gasteiger partial charge >= 0.3 is 0 Å². The van der Waals surface area contributed by atoms with Gasteiger partial charge in [0.2, 0.25) is 0 Å². The van der Waals surface area contributed by atoms with Gasteiger partial charge in [-0.2, -0.15) is 0 Å². The lowest BCUT2D eigenvalue weighted by molar-refractivity contribution is 0.365. The van der Waals surface area contributed by atoms with Crippen LogP contribution < -0.4 is 10.1 Å². The first-order valence-corrected chi connectivity index (χ1v) is 4.50. The third-order valence-corrected chi connectivity index (χ3v) is 2.08. The Kier molecular flexibility index (Phi) is 3.85. The van der Waals surface area contributed by atoms with E-state index in [2.05, 4.69) is 10.1 Å². The Morgan fingerprint density at radius 3 is 2.60 bits per heavy atom. The number of phenolic OH excluding ortho intramolecular Hbond substituents is 1. The first-order valence-electron chi connectivity index (χ1n) is 4.50. The molecule has 0 aromatic heterocycles. The fourth-order valence-corrected chi connectivity index (χ4v) is 1.27. The van der Waals surface area contributed by atoms with Gasteiger partial charge in [0.15, 0.2) is 23.1 Å². The summed E-state index contributed by atoms with van der Waals surface area (Å²) >= 11 is 0. The van der Waals surface area contributed by atoms with Crippen molar-refractivity contribution in [2.24, 2.45) is 0 Å². The van der Waals surface area contributed by atoms with E-state index in [0.29, 0.717) is 6.54 Å². The second-order valence-electron chi connectivity index (χ2n) is 3.06. The number of rotatable bonds is 4. The van der Waals surface area contributed by atoms with E-state index < -0.39 is 17.4 Å². The van der Waals surface area contributed by atoms with Crippen molar-refractivity contribution in [2.45, 2.75) is 6.42 Å². The molecule has 0 bridgehead atoms. The molecule has 0 fully saturated rings. The predicted molar refractivity (Wildman–Crippen MR) is 52.2 cm³/mol. The van der Waals surface area contributed by atoms with Crippen LogP contribution in [0, 0.1) is 11.6 Å². The van der Waals surface area contributed by atoms with Crippen LogP contribution in [0.4, 0.5) is 8.78 Å². The average Bonchev–Trinajstić information content (AvgIpc) is 2.23. The van der Waals surface area contributed by atoms with Crippen LogP contribution in [0.5, 0.6) is 11.5 Å². The van der Waals surface area contributed by atoms with Gasteiger partial charge in [-0.25, -0.2) is 8.78 Å². The van der Waals surface area contributed by atoms with Crippen molar-refractivity contribution in [3.05, 3.63) is 23.3 Å². The lowest BCUT2D eigenvalue weighted by Gasteiger charge is -2.10. The summed E-state index contributed by atoms with van der Waals surface area (Å²) in [5.74, 6) is -2.44. The summed E-state index contributed by atoms with van der Waals surface area (Å²) < 4.78 is 31.5. The van der Waals surface area contributed by atoms with Crippen molar-refractivity contribution >= 4 is 0 Å². The maximum absolute atomic E-state index is 13.5. The van der Waals surface area contributed by atoms with Gasteiger partial charge in [-0.1, -0.05) is 0 Å². The lowest BCUT2D eigenvalue weighted by Crippen LogP contribution is -2.13. The maximum Gasteiger partial charge on any atom is 0.171 e. The van der Waals surface area contributed by atoms with Gasteiger partial charge in [0, 0.05) is 11.6 Å². The molecule has 0 heterocycles. The first kappa shape index (κ1) is 11.7. The fourth-order valence-electron chi connectivity index (χ4n) is 1.27. The van der Waals surface area contributed by atoms with Crippen molar-refractivity contribution in [1.29, 1.82) is 0 Å². The normalized spacial score (nSPS) is 10.4. The maximum atomic E-state index is 13.5. The first-order chi connectivity index (χ1) is 7.11. The molecule has 15 heavy (non-hydrogen) atoms. The second kappa shape index (κ2) is 4.93. The molecule has 1 aromatic carbocycles. The summed E-state index contributed by atoms with van der Waals surface area (Å²) in [5.41, 5.74) is -0.166. The molecule has 3 nitrogen and oxygen atoms in total. The molecule has 0 aliphatic rings. The number of likely N-dealkylation sites (N-methyl/N-ethyl adjacent to an activating group) is 1. The molecular formula is C10H13F2NO2. The van der Waals surface area contributed by atoms with Gasteiger partial charge in [0.25, 0.3) is 0 Å². The van der Waals surface area contributed by atoms with Crippen molar-refractivity contribution in [1.82, 2.24) is 5.32 Å².